The third-order valence-corrected chi connectivity index (χ3v) is 4.09. The van der Waals surface area contributed by atoms with Crippen molar-refractivity contribution < 1.29 is 14.6 Å². The molecule has 1 atom stereocenters. The van der Waals surface area contributed by atoms with Crippen molar-refractivity contribution in [1.82, 2.24) is 9.88 Å². The van der Waals surface area contributed by atoms with Gasteiger partial charge >= 0.3 is 0 Å². The van der Waals surface area contributed by atoms with Crippen LogP contribution in [0.4, 0.5) is 0 Å². The van der Waals surface area contributed by atoms with E-state index in [0.29, 0.717) is 24.0 Å². The summed E-state index contributed by atoms with van der Waals surface area (Å²) in [6, 6.07) is 9.42. The number of methoxy groups -OCH3 is 1. The van der Waals surface area contributed by atoms with E-state index < -0.39 is 6.10 Å². The molecule has 1 aromatic carbocycles. The number of amides is 1. The van der Waals surface area contributed by atoms with Crippen LogP contribution < -0.4 is 4.74 Å². The van der Waals surface area contributed by atoms with Crippen LogP contribution in [0.25, 0.3) is 10.8 Å². The van der Waals surface area contributed by atoms with Gasteiger partial charge in [-0.2, -0.15) is 0 Å². The second kappa shape index (κ2) is 5.93. The molecule has 5 nitrogen and oxygen atoms in total. The number of hydrogen-bond donors (Lipinski definition) is 1. The predicted molar refractivity (Wildman–Crippen MR) is 84.0 cm³/mol. The van der Waals surface area contributed by atoms with Crippen LogP contribution in [-0.2, 0) is 0 Å². The van der Waals surface area contributed by atoms with Gasteiger partial charge in [-0.1, -0.05) is 18.2 Å². The van der Waals surface area contributed by atoms with Crippen LogP contribution >= 0.6 is 0 Å². The van der Waals surface area contributed by atoms with Gasteiger partial charge in [0.05, 0.1) is 13.2 Å². The summed E-state index contributed by atoms with van der Waals surface area (Å²) in [7, 11) is 3.24. The molecule has 22 heavy (non-hydrogen) atoms. The smallest absolute Gasteiger partial charge is 0.272 e. The fraction of sp³-hybridized carbons (Fsp3) is 0.412. The Morgan fingerprint density at radius 3 is 2.86 bits per heavy atom. The minimum atomic E-state index is -0.448. The lowest BCUT2D eigenvalue weighted by atomic mass is 10.1. The molecule has 1 aliphatic rings. The van der Waals surface area contributed by atoms with E-state index in [4.69, 9.17) is 4.74 Å². The highest BCUT2D eigenvalue weighted by atomic mass is 16.5. The van der Waals surface area contributed by atoms with Gasteiger partial charge in [0.2, 0.25) is 5.88 Å². The Bertz CT molecular complexity index is 697. The number of aliphatic hydroxyl groups is 1. The van der Waals surface area contributed by atoms with Crippen molar-refractivity contribution in [1.29, 1.82) is 0 Å². The molecule has 1 aliphatic carbocycles. The number of carbonyl (C=O) groups is 1. The van der Waals surface area contributed by atoms with Crippen molar-refractivity contribution in [2.75, 3.05) is 20.7 Å². The van der Waals surface area contributed by atoms with Crippen LogP contribution in [0.1, 0.15) is 23.3 Å². The normalized spacial score (nSPS) is 15.6. The Morgan fingerprint density at radius 1 is 1.45 bits per heavy atom. The molecule has 1 heterocycles. The van der Waals surface area contributed by atoms with Gasteiger partial charge in [0.15, 0.2) is 0 Å². The second-order valence-electron chi connectivity index (χ2n) is 5.83. The van der Waals surface area contributed by atoms with Gasteiger partial charge in [0.1, 0.15) is 5.69 Å². The van der Waals surface area contributed by atoms with Crippen LogP contribution in [0.5, 0.6) is 5.88 Å². The number of pyridine rings is 1. The van der Waals surface area contributed by atoms with Gasteiger partial charge in [0.25, 0.3) is 5.91 Å². The maximum atomic E-state index is 12.5. The van der Waals surface area contributed by atoms with E-state index in [1.165, 1.54) is 4.90 Å². The lowest BCUT2D eigenvalue weighted by molar-refractivity contribution is 0.0640. The first kappa shape index (κ1) is 14.8. The Morgan fingerprint density at radius 2 is 2.18 bits per heavy atom. The highest BCUT2D eigenvalue weighted by Gasteiger charge is 2.31. The van der Waals surface area contributed by atoms with Gasteiger partial charge in [-0.15, -0.1) is 0 Å². The average molecular weight is 300 g/mol. The number of likely N-dealkylation sites (N-methyl/N-ethyl adjacent to an activating group) is 1. The third-order valence-electron chi connectivity index (χ3n) is 4.09. The Balaban J connectivity index is 1.86. The molecule has 1 aromatic heterocycles. The SMILES string of the molecule is COc1nc(C(=O)N(C)CC(O)C2CC2)cc2ccccc12. The fourth-order valence-electron chi connectivity index (χ4n) is 2.62. The summed E-state index contributed by atoms with van der Waals surface area (Å²) in [5.74, 6) is 0.579. The number of nitrogens with zero attached hydrogens (tertiary/aromatic N) is 2. The van der Waals surface area contributed by atoms with Gasteiger partial charge in [-0.05, 0) is 36.3 Å². The lowest BCUT2D eigenvalue weighted by Gasteiger charge is -2.20. The zero-order chi connectivity index (χ0) is 15.7. The van der Waals surface area contributed by atoms with Crippen molar-refractivity contribution in [2.24, 2.45) is 5.92 Å². The standard InChI is InChI=1S/C17H20N2O3/c1-19(10-15(20)11-7-8-11)17(21)14-9-12-5-3-4-6-13(12)16(18-14)22-2/h3-6,9,11,15,20H,7-8,10H2,1-2H3. The number of ether oxygens (including phenoxy) is 1. The summed E-state index contributed by atoms with van der Waals surface area (Å²) >= 11 is 0. The fourth-order valence-corrected chi connectivity index (χ4v) is 2.62. The molecule has 3 rings (SSSR count). The number of benzene rings is 1. The first-order valence-electron chi connectivity index (χ1n) is 7.47. The second-order valence-corrected chi connectivity index (χ2v) is 5.83. The summed E-state index contributed by atoms with van der Waals surface area (Å²) in [5.41, 5.74) is 0.334. The van der Waals surface area contributed by atoms with Gasteiger partial charge < -0.3 is 14.7 Å². The maximum Gasteiger partial charge on any atom is 0.272 e. The quantitative estimate of drug-likeness (QED) is 0.918. The molecule has 1 unspecified atom stereocenters. The average Bonchev–Trinajstić information content (AvgIpc) is 3.37. The Hall–Kier alpha value is -2.14. The van der Waals surface area contributed by atoms with E-state index >= 15 is 0 Å². The maximum absolute atomic E-state index is 12.5. The number of aromatic nitrogens is 1. The minimum Gasteiger partial charge on any atom is -0.481 e. The van der Waals surface area contributed by atoms with Crippen molar-refractivity contribution in [3.8, 4) is 5.88 Å². The van der Waals surface area contributed by atoms with Crippen LogP contribution in [0.3, 0.4) is 0 Å². The van der Waals surface area contributed by atoms with Gasteiger partial charge in [-0.3, -0.25) is 4.79 Å². The topological polar surface area (TPSA) is 62.7 Å². The molecule has 0 spiro atoms. The first-order valence-corrected chi connectivity index (χ1v) is 7.47. The number of aliphatic hydroxyl groups excluding tert-OH is 1. The number of hydrogen-bond acceptors (Lipinski definition) is 4. The van der Waals surface area contributed by atoms with Crippen molar-refractivity contribution in [3.63, 3.8) is 0 Å². The summed E-state index contributed by atoms with van der Waals surface area (Å²) in [6.07, 6.45) is 1.65. The summed E-state index contributed by atoms with van der Waals surface area (Å²) < 4.78 is 5.30. The molecular weight excluding hydrogens is 280 g/mol. The largest absolute Gasteiger partial charge is 0.481 e. The van der Waals surface area contributed by atoms with E-state index in [0.717, 1.165) is 23.6 Å². The number of fused-ring (bicyclic) bond motifs is 1. The molecular formula is C17H20N2O3. The lowest BCUT2D eigenvalue weighted by Crippen LogP contribution is -2.35. The van der Waals surface area contributed by atoms with Crippen molar-refractivity contribution in [2.45, 2.75) is 18.9 Å². The highest BCUT2D eigenvalue weighted by molar-refractivity contribution is 5.98. The monoisotopic (exact) mass is 300 g/mol. The van der Waals surface area contributed by atoms with E-state index in [9.17, 15) is 9.90 Å². The summed E-state index contributed by atoms with van der Waals surface area (Å²) in [6.45, 7) is 0.334. The molecule has 116 valence electrons. The number of rotatable bonds is 5. The molecule has 1 N–H and O–H groups in total. The highest BCUT2D eigenvalue weighted by Crippen LogP contribution is 2.33. The van der Waals surface area contributed by atoms with Crippen LogP contribution in [0.15, 0.2) is 30.3 Å². The summed E-state index contributed by atoms with van der Waals surface area (Å²) in [5, 5.41) is 11.8. The third kappa shape index (κ3) is 2.90. The zero-order valence-electron chi connectivity index (χ0n) is 12.8. The molecule has 0 bridgehead atoms. The van der Waals surface area contributed by atoms with Crippen LogP contribution in [-0.4, -0.2) is 47.7 Å². The van der Waals surface area contributed by atoms with Gasteiger partial charge in [0, 0.05) is 19.0 Å². The zero-order valence-corrected chi connectivity index (χ0v) is 12.8. The predicted octanol–water partition coefficient (Wildman–Crippen LogP) is 2.09. The van der Waals surface area contributed by atoms with E-state index in [1.807, 2.05) is 24.3 Å². The molecule has 0 radical (unpaired) electrons. The van der Waals surface area contributed by atoms with E-state index in [2.05, 4.69) is 4.98 Å². The molecule has 5 heteroatoms. The van der Waals surface area contributed by atoms with Gasteiger partial charge in [-0.25, -0.2) is 4.98 Å². The molecule has 2 aromatic rings. The van der Waals surface area contributed by atoms with E-state index in [1.54, 1.807) is 20.2 Å². The molecule has 0 aliphatic heterocycles. The van der Waals surface area contributed by atoms with Crippen LogP contribution in [0.2, 0.25) is 0 Å². The molecule has 1 fully saturated rings. The van der Waals surface area contributed by atoms with E-state index in [-0.39, 0.29) is 5.91 Å². The Labute approximate surface area is 129 Å². The van der Waals surface area contributed by atoms with Crippen LogP contribution in [0, 0.1) is 5.92 Å². The molecule has 1 saturated carbocycles. The van der Waals surface area contributed by atoms with Crippen molar-refractivity contribution in [3.05, 3.63) is 36.0 Å². The molecule has 0 saturated heterocycles. The molecule has 1 amide bonds. The Kier molecular flexibility index (Phi) is 3.98. The van der Waals surface area contributed by atoms with Crippen molar-refractivity contribution >= 4 is 16.7 Å². The minimum absolute atomic E-state index is 0.205. The summed E-state index contributed by atoms with van der Waals surface area (Å²) in [4.78, 5) is 18.4. The number of carbonyl (C=O) groups excluding carboxylic acids is 1. The first-order chi connectivity index (χ1) is 10.6.